The zero-order valence-corrected chi connectivity index (χ0v) is 16.5. The Labute approximate surface area is 165 Å². The third kappa shape index (κ3) is 3.99. The molecular weight excluding hydrogens is 368 g/mol. The van der Waals surface area contributed by atoms with E-state index in [1.54, 1.807) is 7.11 Å². The minimum Gasteiger partial charge on any atom is -0.495 e. The van der Waals surface area contributed by atoms with Crippen molar-refractivity contribution in [3.05, 3.63) is 17.7 Å². The average molecular weight is 395 g/mol. The highest BCUT2D eigenvalue weighted by Gasteiger charge is 2.33. The maximum absolute atomic E-state index is 12.0. The molecule has 1 aromatic carbocycles. The lowest BCUT2D eigenvalue weighted by atomic mass is 10.0. The highest BCUT2D eigenvalue weighted by Crippen LogP contribution is 2.36. The normalized spacial score (nSPS) is 27.0. The fourth-order valence-electron chi connectivity index (χ4n) is 4.31. The Morgan fingerprint density at radius 1 is 1.15 bits per heavy atom. The van der Waals surface area contributed by atoms with Gasteiger partial charge in [0.05, 0.1) is 12.8 Å². The zero-order chi connectivity index (χ0) is 18.3. The molecule has 148 valence electrons. The first kappa shape index (κ1) is 19.8. The fourth-order valence-corrected chi connectivity index (χ4v) is 4.31. The maximum Gasteiger partial charge on any atom is 0.249 e. The van der Waals surface area contributed by atoms with Gasteiger partial charge in [-0.25, -0.2) is 0 Å². The van der Waals surface area contributed by atoms with E-state index in [1.807, 2.05) is 6.07 Å². The van der Waals surface area contributed by atoms with Gasteiger partial charge in [-0.15, -0.1) is 12.4 Å². The number of piperazine rings is 1. The number of hydrogen-bond acceptors (Lipinski definition) is 6. The zero-order valence-electron chi connectivity index (χ0n) is 15.7. The van der Waals surface area contributed by atoms with Crippen molar-refractivity contribution in [2.45, 2.75) is 50.7 Å². The fraction of sp³-hybridized carbons (Fsp3) is 0.579. The van der Waals surface area contributed by atoms with Crippen molar-refractivity contribution in [3.8, 4) is 5.75 Å². The lowest BCUT2D eigenvalue weighted by molar-refractivity contribution is -0.133. The second-order valence-electron chi connectivity index (χ2n) is 7.53. The number of aryl methyl sites for hydroxylation is 1. The molecule has 0 spiro atoms. The van der Waals surface area contributed by atoms with Crippen LogP contribution in [0.4, 0.5) is 11.4 Å². The Hall–Kier alpha value is -1.99. The molecule has 3 saturated heterocycles. The molecule has 2 amide bonds. The number of ether oxygens (including phenoxy) is 1. The van der Waals surface area contributed by atoms with Crippen LogP contribution in [-0.4, -0.2) is 50.1 Å². The number of anilines is 2. The number of nitrogens with one attached hydrogen (secondary N) is 3. The van der Waals surface area contributed by atoms with Crippen molar-refractivity contribution in [1.82, 2.24) is 10.6 Å². The third-order valence-electron chi connectivity index (χ3n) is 5.64. The highest BCUT2D eigenvalue weighted by atomic mass is 35.5. The predicted octanol–water partition coefficient (Wildman–Crippen LogP) is 1.58. The van der Waals surface area contributed by atoms with Crippen LogP contribution in [0.1, 0.15) is 31.2 Å². The number of methoxy groups -OCH3 is 1. The smallest absolute Gasteiger partial charge is 0.249 e. The predicted molar refractivity (Wildman–Crippen MR) is 107 cm³/mol. The molecule has 27 heavy (non-hydrogen) atoms. The van der Waals surface area contributed by atoms with Crippen LogP contribution in [0.25, 0.3) is 0 Å². The van der Waals surface area contributed by atoms with Crippen molar-refractivity contribution in [1.29, 1.82) is 0 Å². The molecule has 3 heterocycles. The summed E-state index contributed by atoms with van der Waals surface area (Å²) in [6.07, 6.45) is 3.33. The second-order valence-corrected chi connectivity index (χ2v) is 7.53. The maximum atomic E-state index is 12.0. The number of halogens is 1. The van der Waals surface area contributed by atoms with Crippen molar-refractivity contribution in [2.24, 2.45) is 0 Å². The van der Waals surface area contributed by atoms with E-state index in [2.05, 4.69) is 33.8 Å². The van der Waals surface area contributed by atoms with Gasteiger partial charge in [-0.2, -0.15) is 0 Å². The van der Waals surface area contributed by atoms with Gasteiger partial charge in [-0.1, -0.05) is 0 Å². The summed E-state index contributed by atoms with van der Waals surface area (Å²) >= 11 is 0. The first-order valence-corrected chi connectivity index (χ1v) is 9.33. The number of imide groups is 1. The van der Waals surface area contributed by atoms with E-state index in [0.29, 0.717) is 24.9 Å². The molecule has 0 radical (unpaired) electrons. The molecule has 7 nitrogen and oxygen atoms in total. The highest BCUT2D eigenvalue weighted by molar-refractivity contribution is 6.01. The molecule has 3 unspecified atom stereocenters. The van der Waals surface area contributed by atoms with E-state index in [9.17, 15) is 9.59 Å². The number of carbonyl (C=O) groups excluding carboxylic acids is 2. The molecule has 0 saturated carbocycles. The summed E-state index contributed by atoms with van der Waals surface area (Å²) in [5, 5.41) is 9.29. The monoisotopic (exact) mass is 394 g/mol. The Balaban J connectivity index is 0.00000210. The SMILES string of the molecule is COc1cc(N2CC3CCC(C2)N3)c(C)cc1NC1CCC(=O)NC1=O.Cl. The summed E-state index contributed by atoms with van der Waals surface area (Å²) in [4.78, 5) is 25.8. The van der Waals surface area contributed by atoms with Gasteiger partial charge in [-0.05, 0) is 37.8 Å². The summed E-state index contributed by atoms with van der Waals surface area (Å²) in [6, 6.07) is 4.83. The topological polar surface area (TPSA) is 82.7 Å². The average Bonchev–Trinajstić information content (AvgIpc) is 2.95. The number of nitrogens with zero attached hydrogens (tertiary/aromatic N) is 1. The van der Waals surface area contributed by atoms with Crippen LogP contribution in [-0.2, 0) is 9.59 Å². The molecule has 3 aliphatic rings. The van der Waals surface area contributed by atoms with Crippen LogP contribution in [0, 0.1) is 6.92 Å². The van der Waals surface area contributed by atoms with Gasteiger partial charge in [0, 0.05) is 43.3 Å². The molecular formula is C19H27ClN4O3. The summed E-state index contributed by atoms with van der Waals surface area (Å²) in [6.45, 7) is 4.12. The standard InChI is InChI=1S/C19H26N4O3.ClH/c1-11-7-15(21-14-5-6-18(24)22-19(14)25)17(26-2)8-16(11)23-9-12-3-4-13(10-23)20-12;/h7-8,12-14,20-21H,3-6,9-10H2,1-2H3,(H,22,24,25);1H. The van der Waals surface area contributed by atoms with Crippen molar-refractivity contribution >= 4 is 35.6 Å². The molecule has 2 bridgehead atoms. The van der Waals surface area contributed by atoms with Crippen LogP contribution in [0.5, 0.6) is 5.75 Å². The van der Waals surface area contributed by atoms with Crippen molar-refractivity contribution in [2.75, 3.05) is 30.4 Å². The lowest BCUT2D eigenvalue weighted by Crippen LogP contribution is -2.51. The minimum atomic E-state index is -0.415. The van der Waals surface area contributed by atoms with Gasteiger partial charge in [-0.3, -0.25) is 14.9 Å². The number of hydrogen-bond donors (Lipinski definition) is 3. The molecule has 3 fully saturated rings. The molecule has 1 aromatic rings. The van der Waals surface area contributed by atoms with Gasteiger partial charge in [0.1, 0.15) is 11.8 Å². The Kier molecular flexibility index (Phi) is 5.81. The molecule has 4 rings (SSSR count). The largest absolute Gasteiger partial charge is 0.495 e. The van der Waals surface area contributed by atoms with Crippen molar-refractivity contribution < 1.29 is 14.3 Å². The number of piperidine rings is 1. The number of carbonyl (C=O) groups is 2. The quantitative estimate of drug-likeness (QED) is 0.673. The van der Waals surface area contributed by atoms with Crippen LogP contribution in [0.2, 0.25) is 0 Å². The molecule has 3 aliphatic heterocycles. The Bertz CT molecular complexity index is 730. The third-order valence-corrected chi connectivity index (χ3v) is 5.64. The van der Waals surface area contributed by atoms with Gasteiger partial charge in [0.25, 0.3) is 0 Å². The summed E-state index contributed by atoms with van der Waals surface area (Å²) in [7, 11) is 1.64. The van der Waals surface area contributed by atoms with Crippen LogP contribution in [0.3, 0.4) is 0 Å². The van der Waals surface area contributed by atoms with E-state index in [0.717, 1.165) is 30.1 Å². The molecule has 0 aromatic heterocycles. The lowest BCUT2D eigenvalue weighted by Gasteiger charge is -2.36. The summed E-state index contributed by atoms with van der Waals surface area (Å²) in [5.74, 6) is 0.241. The minimum absolute atomic E-state index is 0. The Morgan fingerprint density at radius 2 is 1.85 bits per heavy atom. The van der Waals surface area contributed by atoms with E-state index in [-0.39, 0.29) is 24.2 Å². The van der Waals surface area contributed by atoms with E-state index in [1.165, 1.54) is 18.5 Å². The number of benzene rings is 1. The first-order chi connectivity index (χ1) is 12.5. The van der Waals surface area contributed by atoms with Crippen molar-refractivity contribution in [3.63, 3.8) is 0 Å². The van der Waals surface area contributed by atoms with Gasteiger partial charge in [0.2, 0.25) is 11.8 Å². The molecule has 3 atom stereocenters. The van der Waals surface area contributed by atoms with Gasteiger partial charge < -0.3 is 20.3 Å². The number of rotatable bonds is 4. The molecule has 0 aliphatic carbocycles. The summed E-state index contributed by atoms with van der Waals surface area (Å²) < 4.78 is 5.60. The number of amides is 2. The molecule has 3 N–H and O–H groups in total. The molecule has 8 heteroatoms. The summed E-state index contributed by atoms with van der Waals surface area (Å²) in [5.41, 5.74) is 3.14. The van der Waals surface area contributed by atoms with Crippen LogP contribution in [0.15, 0.2) is 12.1 Å². The Morgan fingerprint density at radius 3 is 2.48 bits per heavy atom. The van der Waals surface area contributed by atoms with E-state index in [4.69, 9.17) is 4.74 Å². The van der Waals surface area contributed by atoms with Crippen LogP contribution < -0.4 is 25.6 Å². The second kappa shape index (κ2) is 7.94. The first-order valence-electron chi connectivity index (χ1n) is 9.33. The van der Waals surface area contributed by atoms with Gasteiger partial charge in [0.15, 0.2) is 0 Å². The van der Waals surface area contributed by atoms with Gasteiger partial charge >= 0.3 is 0 Å². The van der Waals surface area contributed by atoms with Crippen LogP contribution >= 0.6 is 12.4 Å². The number of fused-ring (bicyclic) bond motifs is 2. The van der Waals surface area contributed by atoms with E-state index < -0.39 is 6.04 Å². The van der Waals surface area contributed by atoms with E-state index >= 15 is 0 Å².